The monoisotopic (exact) mass is 409 g/mol. The third-order valence-electron chi connectivity index (χ3n) is 4.21. The fraction of sp³-hybridized carbons (Fsp3) is 0.150. The predicted octanol–water partition coefficient (Wildman–Crippen LogP) is 3.69. The number of fused-ring (bicyclic) bond motifs is 1. The number of nitro benzene ring substituents is 1. The number of esters is 1. The lowest BCUT2D eigenvalue weighted by atomic mass is 10.2. The first-order chi connectivity index (χ1) is 14.5. The normalized spacial score (nSPS) is 13.4. The average molecular weight is 409 g/mol. The van der Waals surface area contributed by atoms with E-state index in [0.717, 1.165) is 5.56 Å². The van der Waals surface area contributed by atoms with Gasteiger partial charge in [-0.1, -0.05) is 6.07 Å². The molecular formula is C20H15N3O7. The molecule has 4 rings (SSSR count). The number of benzene rings is 2. The van der Waals surface area contributed by atoms with Gasteiger partial charge in [-0.3, -0.25) is 10.1 Å². The maximum absolute atomic E-state index is 12.1. The largest absolute Gasteiger partial charge is 0.454 e. The molecule has 30 heavy (non-hydrogen) atoms. The summed E-state index contributed by atoms with van der Waals surface area (Å²) in [7, 11) is 0. The molecule has 0 unspecified atom stereocenters. The van der Waals surface area contributed by atoms with E-state index < -0.39 is 17.0 Å². The first-order valence-electron chi connectivity index (χ1n) is 8.86. The number of carbonyl (C=O) groups is 1. The zero-order chi connectivity index (χ0) is 21.1. The van der Waals surface area contributed by atoms with Crippen molar-refractivity contribution in [3.8, 4) is 23.0 Å². The summed E-state index contributed by atoms with van der Waals surface area (Å²) < 4.78 is 21.3. The molecule has 1 aliphatic rings. The van der Waals surface area contributed by atoms with E-state index in [1.54, 1.807) is 31.2 Å². The summed E-state index contributed by atoms with van der Waals surface area (Å²) in [4.78, 5) is 22.3. The molecule has 1 atom stereocenters. The van der Waals surface area contributed by atoms with Crippen LogP contribution in [0.5, 0.6) is 11.5 Å². The van der Waals surface area contributed by atoms with Crippen molar-refractivity contribution in [1.29, 1.82) is 0 Å². The Kier molecular flexibility index (Phi) is 5.12. The van der Waals surface area contributed by atoms with E-state index in [1.165, 1.54) is 30.3 Å². The lowest BCUT2D eigenvalue weighted by Crippen LogP contribution is -2.06. The summed E-state index contributed by atoms with van der Waals surface area (Å²) >= 11 is 0. The first kappa shape index (κ1) is 19.1. The van der Waals surface area contributed by atoms with Crippen molar-refractivity contribution in [3.05, 3.63) is 70.1 Å². The first-order valence-corrected chi connectivity index (χ1v) is 8.86. The van der Waals surface area contributed by atoms with Gasteiger partial charge in [0.05, 0.1) is 4.92 Å². The maximum atomic E-state index is 12.1. The molecule has 152 valence electrons. The van der Waals surface area contributed by atoms with Crippen LogP contribution < -0.4 is 9.47 Å². The maximum Gasteiger partial charge on any atom is 0.331 e. The molecule has 1 aromatic heterocycles. The van der Waals surface area contributed by atoms with Crippen molar-refractivity contribution in [2.75, 3.05) is 6.79 Å². The van der Waals surface area contributed by atoms with Crippen LogP contribution in [0.1, 0.15) is 24.5 Å². The van der Waals surface area contributed by atoms with Crippen LogP contribution in [0.2, 0.25) is 0 Å². The van der Waals surface area contributed by atoms with Gasteiger partial charge < -0.3 is 18.6 Å². The predicted molar refractivity (Wildman–Crippen MR) is 102 cm³/mol. The van der Waals surface area contributed by atoms with E-state index in [9.17, 15) is 14.9 Å². The van der Waals surface area contributed by atoms with E-state index in [4.69, 9.17) is 18.6 Å². The van der Waals surface area contributed by atoms with Crippen molar-refractivity contribution >= 4 is 17.7 Å². The van der Waals surface area contributed by atoms with E-state index in [-0.39, 0.29) is 24.3 Å². The number of hydrogen-bond donors (Lipinski definition) is 0. The second-order valence-corrected chi connectivity index (χ2v) is 6.27. The molecule has 0 radical (unpaired) electrons. The van der Waals surface area contributed by atoms with E-state index in [0.29, 0.717) is 17.1 Å². The zero-order valence-corrected chi connectivity index (χ0v) is 15.7. The van der Waals surface area contributed by atoms with Crippen LogP contribution in [-0.4, -0.2) is 27.9 Å². The van der Waals surface area contributed by atoms with Gasteiger partial charge in [-0.2, -0.15) is 0 Å². The minimum Gasteiger partial charge on any atom is -0.454 e. The van der Waals surface area contributed by atoms with Gasteiger partial charge in [-0.05, 0) is 42.8 Å². The third-order valence-corrected chi connectivity index (χ3v) is 4.21. The SMILES string of the molecule is C[C@H](OC(=O)/C=C/c1ccc2c(c1)OCO2)c1nnc(-c2ccc([N+](=O)[O-])cc2)o1. The standard InChI is InChI=1S/C20H15N3O7/c1-12(19-21-22-20(30-19)14-4-6-15(7-5-14)23(25)26)29-18(24)9-3-13-2-8-16-17(10-13)28-11-27-16/h2-10,12H,11H2,1H3/b9-3+/t12-/m0/s1. The Balaban J connectivity index is 1.38. The van der Waals surface area contributed by atoms with E-state index in [1.807, 2.05) is 0 Å². The smallest absolute Gasteiger partial charge is 0.331 e. The van der Waals surface area contributed by atoms with E-state index in [2.05, 4.69) is 10.2 Å². The number of ether oxygens (including phenoxy) is 3. The van der Waals surface area contributed by atoms with Gasteiger partial charge in [0.1, 0.15) is 0 Å². The van der Waals surface area contributed by atoms with Crippen LogP contribution in [0.15, 0.2) is 53.0 Å². The van der Waals surface area contributed by atoms with Gasteiger partial charge in [-0.25, -0.2) is 4.79 Å². The molecule has 0 bridgehead atoms. The van der Waals surface area contributed by atoms with Gasteiger partial charge in [0, 0.05) is 23.8 Å². The fourth-order valence-electron chi connectivity index (χ4n) is 2.69. The molecule has 0 aliphatic carbocycles. The zero-order valence-electron chi connectivity index (χ0n) is 15.7. The molecule has 0 saturated carbocycles. The Labute approximate surface area is 169 Å². The van der Waals surface area contributed by atoms with Gasteiger partial charge in [0.2, 0.25) is 12.7 Å². The molecule has 2 heterocycles. The van der Waals surface area contributed by atoms with Crippen LogP contribution in [-0.2, 0) is 9.53 Å². The number of nitro groups is 1. The summed E-state index contributed by atoms with van der Waals surface area (Å²) in [6.07, 6.45) is 2.09. The minimum absolute atomic E-state index is 0.0463. The molecule has 1 aliphatic heterocycles. The van der Waals surface area contributed by atoms with Crippen molar-refractivity contribution in [2.45, 2.75) is 13.0 Å². The average Bonchev–Trinajstić information content (AvgIpc) is 3.41. The summed E-state index contributed by atoms with van der Waals surface area (Å²) in [6, 6.07) is 11.0. The summed E-state index contributed by atoms with van der Waals surface area (Å²) in [5.41, 5.74) is 1.22. The highest BCUT2D eigenvalue weighted by Crippen LogP contribution is 2.32. The molecule has 0 fully saturated rings. The Morgan fingerprint density at radius 3 is 2.70 bits per heavy atom. The molecule has 0 amide bonds. The van der Waals surface area contributed by atoms with Crippen LogP contribution in [0.25, 0.3) is 17.5 Å². The van der Waals surface area contributed by atoms with Crippen molar-refractivity contribution < 1.29 is 28.3 Å². The summed E-state index contributed by atoms with van der Waals surface area (Å²) in [5.74, 6) is 0.953. The molecule has 10 nitrogen and oxygen atoms in total. The molecular weight excluding hydrogens is 394 g/mol. The molecule has 10 heteroatoms. The van der Waals surface area contributed by atoms with Crippen LogP contribution in [0.3, 0.4) is 0 Å². The third kappa shape index (κ3) is 4.12. The number of nitrogens with zero attached hydrogens (tertiary/aromatic N) is 3. The van der Waals surface area contributed by atoms with E-state index >= 15 is 0 Å². The van der Waals surface area contributed by atoms with Crippen molar-refractivity contribution in [1.82, 2.24) is 10.2 Å². The van der Waals surface area contributed by atoms with Crippen molar-refractivity contribution in [2.24, 2.45) is 0 Å². The Hall–Kier alpha value is -4.21. The molecule has 0 saturated heterocycles. The number of hydrogen-bond acceptors (Lipinski definition) is 9. The lowest BCUT2D eigenvalue weighted by Gasteiger charge is -2.06. The number of carbonyl (C=O) groups excluding carboxylic acids is 1. The number of aromatic nitrogens is 2. The van der Waals surface area contributed by atoms with Crippen LogP contribution in [0.4, 0.5) is 5.69 Å². The minimum atomic E-state index is -0.779. The molecule has 2 aromatic carbocycles. The molecule has 0 spiro atoms. The van der Waals surface area contributed by atoms with Crippen LogP contribution in [0, 0.1) is 10.1 Å². The van der Waals surface area contributed by atoms with Gasteiger partial charge in [0.25, 0.3) is 11.6 Å². The summed E-state index contributed by atoms with van der Waals surface area (Å²) in [6.45, 7) is 1.77. The lowest BCUT2D eigenvalue weighted by molar-refractivity contribution is -0.384. The second kappa shape index (κ2) is 8.03. The highest BCUT2D eigenvalue weighted by molar-refractivity contribution is 5.87. The fourth-order valence-corrected chi connectivity index (χ4v) is 2.69. The number of rotatable bonds is 6. The quantitative estimate of drug-likeness (QED) is 0.259. The molecule has 0 N–H and O–H groups in total. The molecule has 3 aromatic rings. The Morgan fingerprint density at radius 1 is 1.17 bits per heavy atom. The van der Waals surface area contributed by atoms with Crippen LogP contribution >= 0.6 is 0 Å². The number of non-ortho nitro benzene ring substituents is 1. The Morgan fingerprint density at radius 2 is 1.93 bits per heavy atom. The van der Waals surface area contributed by atoms with Crippen molar-refractivity contribution in [3.63, 3.8) is 0 Å². The van der Waals surface area contributed by atoms with Gasteiger partial charge in [-0.15, -0.1) is 10.2 Å². The van der Waals surface area contributed by atoms with Gasteiger partial charge >= 0.3 is 5.97 Å². The highest BCUT2D eigenvalue weighted by Gasteiger charge is 2.19. The highest BCUT2D eigenvalue weighted by atomic mass is 16.7. The van der Waals surface area contributed by atoms with Gasteiger partial charge in [0.15, 0.2) is 17.6 Å². The summed E-state index contributed by atoms with van der Waals surface area (Å²) in [5, 5.41) is 18.5. The topological polar surface area (TPSA) is 127 Å². The second-order valence-electron chi connectivity index (χ2n) is 6.27. The Bertz CT molecular complexity index is 1120.